The van der Waals surface area contributed by atoms with Gasteiger partial charge in [-0.2, -0.15) is 0 Å². The van der Waals surface area contributed by atoms with Crippen LogP contribution in [0, 0.1) is 11.8 Å². The Balaban J connectivity index is 2.11. The summed E-state index contributed by atoms with van der Waals surface area (Å²) in [6.45, 7) is 0. The number of hydrogen-bond acceptors (Lipinski definition) is 0. The Morgan fingerprint density at radius 1 is 1.12 bits per heavy atom. The molecule has 46 valence electrons. The largest absolute Gasteiger partial charge is 0.123 e. The van der Waals surface area contributed by atoms with Gasteiger partial charge in [0.25, 0.3) is 0 Å². The third-order valence-corrected chi connectivity index (χ3v) is 3.19. The molecule has 0 N–H and O–H groups in total. The van der Waals surface area contributed by atoms with Crippen molar-refractivity contribution in [2.45, 2.75) is 31.1 Å². The van der Waals surface area contributed by atoms with Crippen LogP contribution in [-0.2, 0) is 0 Å². The summed E-state index contributed by atoms with van der Waals surface area (Å²) in [5, 5.41) is 0.550. The van der Waals surface area contributed by atoms with Crippen LogP contribution in [0.15, 0.2) is 0 Å². The number of hydrogen-bond donors (Lipinski definition) is 0. The van der Waals surface area contributed by atoms with E-state index in [2.05, 4.69) is 0 Å². The molecular weight excluding hydrogens is 120 g/mol. The van der Waals surface area contributed by atoms with Crippen molar-refractivity contribution in [3.8, 4) is 0 Å². The molecule has 3 atom stereocenters. The van der Waals surface area contributed by atoms with Crippen LogP contribution in [0.3, 0.4) is 0 Å². The first-order chi connectivity index (χ1) is 3.86. The van der Waals surface area contributed by atoms with Gasteiger partial charge in [0.1, 0.15) is 0 Å². The van der Waals surface area contributed by atoms with Crippen LogP contribution < -0.4 is 0 Å². The monoisotopic (exact) mass is 130 g/mol. The molecule has 0 nitrogen and oxygen atoms in total. The Hall–Kier alpha value is 0.290. The zero-order valence-electron chi connectivity index (χ0n) is 4.94. The van der Waals surface area contributed by atoms with E-state index in [4.69, 9.17) is 11.6 Å². The third-order valence-electron chi connectivity index (χ3n) is 2.65. The number of fused-ring (bicyclic) bond motifs is 2. The fourth-order valence-corrected chi connectivity index (χ4v) is 2.65. The minimum atomic E-state index is 0.550. The van der Waals surface area contributed by atoms with Gasteiger partial charge in [-0.25, -0.2) is 0 Å². The molecule has 0 saturated heterocycles. The van der Waals surface area contributed by atoms with E-state index in [-0.39, 0.29) is 0 Å². The first kappa shape index (κ1) is 5.10. The van der Waals surface area contributed by atoms with Gasteiger partial charge in [-0.1, -0.05) is 6.42 Å². The molecule has 0 aromatic heterocycles. The minimum absolute atomic E-state index is 0.550. The second-order valence-electron chi connectivity index (χ2n) is 3.19. The highest BCUT2D eigenvalue weighted by Crippen LogP contribution is 2.46. The number of alkyl halides is 1. The topological polar surface area (TPSA) is 0 Å². The average Bonchev–Trinajstić information content (AvgIpc) is 2.23. The average molecular weight is 131 g/mol. The Morgan fingerprint density at radius 2 is 2.00 bits per heavy atom. The van der Waals surface area contributed by atoms with Gasteiger partial charge >= 0.3 is 0 Å². The quantitative estimate of drug-likeness (QED) is 0.442. The molecule has 2 fully saturated rings. The maximum Gasteiger partial charge on any atom is 0.0367 e. The molecule has 2 aliphatic rings. The summed E-state index contributed by atoms with van der Waals surface area (Å²) in [5.41, 5.74) is 0. The summed E-state index contributed by atoms with van der Waals surface area (Å²) in [4.78, 5) is 0. The van der Waals surface area contributed by atoms with Gasteiger partial charge in [-0.05, 0) is 31.1 Å². The van der Waals surface area contributed by atoms with E-state index in [0.29, 0.717) is 5.38 Å². The summed E-state index contributed by atoms with van der Waals surface area (Å²) in [7, 11) is 0. The molecule has 2 aliphatic carbocycles. The zero-order valence-corrected chi connectivity index (χ0v) is 5.69. The summed E-state index contributed by atoms with van der Waals surface area (Å²) in [6.07, 6.45) is 5.63. The van der Waals surface area contributed by atoms with Crippen molar-refractivity contribution in [2.75, 3.05) is 0 Å². The Labute approximate surface area is 55.2 Å². The first-order valence-electron chi connectivity index (χ1n) is 3.50. The molecule has 0 aromatic rings. The standard InChI is InChI=1S/C7H11Cl/c8-7-4-5-1-2-6(7)3-5/h5-7H,1-4H2. The summed E-state index contributed by atoms with van der Waals surface area (Å²) in [5.74, 6) is 1.92. The third kappa shape index (κ3) is 0.589. The van der Waals surface area contributed by atoms with Gasteiger partial charge in [0.2, 0.25) is 0 Å². The van der Waals surface area contributed by atoms with Crippen molar-refractivity contribution in [2.24, 2.45) is 11.8 Å². The molecule has 1 heteroatoms. The van der Waals surface area contributed by atoms with E-state index in [1.165, 1.54) is 25.7 Å². The fourth-order valence-electron chi connectivity index (χ4n) is 2.17. The second-order valence-corrected chi connectivity index (χ2v) is 3.75. The Morgan fingerprint density at radius 3 is 2.25 bits per heavy atom. The fraction of sp³-hybridized carbons (Fsp3) is 1.00. The van der Waals surface area contributed by atoms with Gasteiger partial charge in [0.15, 0.2) is 0 Å². The van der Waals surface area contributed by atoms with E-state index in [9.17, 15) is 0 Å². The Kier molecular flexibility index (Phi) is 1.04. The van der Waals surface area contributed by atoms with Crippen molar-refractivity contribution < 1.29 is 0 Å². The van der Waals surface area contributed by atoms with Crippen LogP contribution in [0.5, 0.6) is 0 Å². The predicted octanol–water partition coefficient (Wildman–Crippen LogP) is 2.41. The highest BCUT2D eigenvalue weighted by molar-refractivity contribution is 6.21. The van der Waals surface area contributed by atoms with Gasteiger partial charge in [-0.3, -0.25) is 0 Å². The van der Waals surface area contributed by atoms with Gasteiger partial charge in [0, 0.05) is 5.38 Å². The molecule has 2 bridgehead atoms. The summed E-state index contributed by atoms with van der Waals surface area (Å²) in [6, 6.07) is 0. The van der Waals surface area contributed by atoms with Crippen LogP contribution in [0.2, 0.25) is 0 Å². The highest BCUT2D eigenvalue weighted by Gasteiger charge is 2.38. The minimum Gasteiger partial charge on any atom is -0.123 e. The SMILES string of the molecule is ClC1CC2CCC1C2. The van der Waals surface area contributed by atoms with Gasteiger partial charge in [0.05, 0.1) is 0 Å². The van der Waals surface area contributed by atoms with E-state index in [0.717, 1.165) is 11.8 Å². The molecule has 0 aromatic carbocycles. The lowest BCUT2D eigenvalue weighted by Crippen LogP contribution is -2.08. The van der Waals surface area contributed by atoms with Crippen molar-refractivity contribution in [1.29, 1.82) is 0 Å². The van der Waals surface area contributed by atoms with Crippen LogP contribution in [0.1, 0.15) is 25.7 Å². The van der Waals surface area contributed by atoms with Gasteiger partial charge < -0.3 is 0 Å². The molecule has 0 spiro atoms. The molecule has 0 amide bonds. The van der Waals surface area contributed by atoms with Crippen molar-refractivity contribution in [3.63, 3.8) is 0 Å². The summed E-state index contributed by atoms with van der Waals surface area (Å²) >= 11 is 6.01. The number of halogens is 1. The molecule has 8 heavy (non-hydrogen) atoms. The van der Waals surface area contributed by atoms with Crippen molar-refractivity contribution in [3.05, 3.63) is 0 Å². The van der Waals surface area contributed by atoms with E-state index in [1.54, 1.807) is 0 Å². The maximum atomic E-state index is 6.01. The first-order valence-corrected chi connectivity index (χ1v) is 3.94. The molecule has 3 unspecified atom stereocenters. The molecule has 2 saturated carbocycles. The van der Waals surface area contributed by atoms with Crippen molar-refractivity contribution in [1.82, 2.24) is 0 Å². The summed E-state index contributed by atoms with van der Waals surface area (Å²) < 4.78 is 0. The molecule has 0 heterocycles. The smallest absolute Gasteiger partial charge is 0.0367 e. The Bertz CT molecular complexity index is 98.6. The van der Waals surface area contributed by atoms with E-state index < -0.39 is 0 Å². The maximum absolute atomic E-state index is 6.01. The zero-order chi connectivity index (χ0) is 5.56. The lowest BCUT2D eigenvalue weighted by Gasteiger charge is -2.13. The van der Waals surface area contributed by atoms with E-state index in [1.807, 2.05) is 0 Å². The van der Waals surface area contributed by atoms with Crippen LogP contribution in [-0.4, -0.2) is 5.38 Å². The lowest BCUT2D eigenvalue weighted by atomic mass is 10.0. The van der Waals surface area contributed by atoms with Crippen LogP contribution in [0.25, 0.3) is 0 Å². The molecule has 0 aliphatic heterocycles. The van der Waals surface area contributed by atoms with Crippen molar-refractivity contribution >= 4 is 11.6 Å². The van der Waals surface area contributed by atoms with Crippen LogP contribution >= 0.6 is 11.6 Å². The molecule has 0 radical (unpaired) electrons. The number of rotatable bonds is 0. The van der Waals surface area contributed by atoms with Crippen LogP contribution in [0.4, 0.5) is 0 Å². The second kappa shape index (κ2) is 1.63. The normalized spacial score (nSPS) is 52.9. The lowest BCUT2D eigenvalue weighted by molar-refractivity contribution is 0.487. The molecule has 2 rings (SSSR count). The highest BCUT2D eigenvalue weighted by atomic mass is 35.5. The van der Waals surface area contributed by atoms with Gasteiger partial charge in [-0.15, -0.1) is 11.6 Å². The van der Waals surface area contributed by atoms with E-state index >= 15 is 0 Å². The predicted molar refractivity (Wildman–Crippen MR) is 35.1 cm³/mol. The molecular formula is C7H11Cl.